The summed E-state index contributed by atoms with van der Waals surface area (Å²) in [6.45, 7) is 44.6. The lowest BCUT2D eigenvalue weighted by atomic mass is 9.96. The number of aryl methyl sites for hydroxylation is 10. The van der Waals surface area contributed by atoms with Gasteiger partial charge in [-0.05, 0) is 124 Å². The van der Waals surface area contributed by atoms with Gasteiger partial charge in [-0.2, -0.15) is 35.8 Å². The van der Waals surface area contributed by atoms with Crippen molar-refractivity contribution >= 4 is 0 Å². The van der Waals surface area contributed by atoms with Crippen molar-refractivity contribution in [3.63, 3.8) is 0 Å². The zero-order chi connectivity index (χ0) is 85.5. The summed E-state index contributed by atoms with van der Waals surface area (Å²) in [5.41, 5.74) is 14.4. The minimum absolute atomic E-state index is 0.122. The van der Waals surface area contributed by atoms with Crippen LogP contribution in [0.3, 0.4) is 0 Å². The molecule has 20 heteroatoms. The SMILES string of the molecule is Cc1cc(C(C)C)ccc1-c1c(F)cc(-c2nc(C(C)C)nc(C(C)C)n2)c[n+]1C.Cc1ccc(-c2c(F)cc(-c3nc(C(C)C)nc(C(C)C)n3)c[n+]2C)c(C)c1.Cc1ccccc1-c1c(F)cc(-c2nc(C(C)C)nc(C(C)C)n2)c[n+]1C.[2H]C([2H])([2H])c1ccc(-c2c(F)cc(-c3nc(C(C)C)nc(C(C)C)n3)c[n+]2C)c(C)c1. The quantitative estimate of drug-likeness (QED) is 0.0625. The van der Waals surface area contributed by atoms with Crippen molar-refractivity contribution in [3.8, 4) is 90.6 Å². The molecule has 113 heavy (non-hydrogen) atoms. The summed E-state index contributed by atoms with van der Waals surface area (Å²) < 4.78 is 90.8. The fourth-order valence-corrected chi connectivity index (χ4v) is 12.9. The zero-order valence-electron chi connectivity index (χ0n) is 74.0. The third kappa shape index (κ3) is 20.7. The number of aromatic nitrogens is 16. The van der Waals surface area contributed by atoms with Crippen LogP contribution in [-0.4, -0.2) is 59.8 Å². The van der Waals surface area contributed by atoms with E-state index in [1.54, 1.807) is 41.4 Å². The number of pyridine rings is 4. The van der Waals surface area contributed by atoms with Crippen LogP contribution in [0.5, 0.6) is 0 Å². The van der Waals surface area contributed by atoms with Crippen LogP contribution < -0.4 is 18.3 Å². The lowest BCUT2D eigenvalue weighted by Gasteiger charge is -2.12. The van der Waals surface area contributed by atoms with E-state index in [1.165, 1.54) is 35.9 Å². The van der Waals surface area contributed by atoms with Crippen molar-refractivity contribution in [2.75, 3.05) is 0 Å². The fourth-order valence-electron chi connectivity index (χ4n) is 12.9. The summed E-state index contributed by atoms with van der Waals surface area (Å²) in [5.74, 6) is 8.17. The fraction of sp³-hybridized carbons (Fsp3) is 0.398. The van der Waals surface area contributed by atoms with Gasteiger partial charge in [-0.1, -0.05) is 190 Å². The topological polar surface area (TPSA) is 170 Å². The van der Waals surface area contributed by atoms with Gasteiger partial charge in [0.2, 0.25) is 22.8 Å². The van der Waals surface area contributed by atoms with Gasteiger partial charge in [0.25, 0.3) is 0 Å². The Morgan fingerprint density at radius 3 is 0.735 bits per heavy atom. The Morgan fingerprint density at radius 1 is 0.265 bits per heavy atom. The second kappa shape index (κ2) is 36.8. The van der Waals surface area contributed by atoms with E-state index in [0.29, 0.717) is 97.0 Å². The third-order valence-corrected chi connectivity index (χ3v) is 19.3. The molecule has 8 heterocycles. The molecule has 0 unspecified atom stereocenters. The Hall–Kier alpha value is -10.8. The first-order valence-corrected chi connectivity index (χ1v) is 39.1. The molecule has 590 valence electrons. The van der Waals surface area contributed by atoms with Crippen LogP contribution in [0.4, 0.5) is 17.6 Å². The van der Waals surface area contributed by atoms with Crippen LogP contribution in [0.1, 0.15) is 268 Å². The maximum atomic E-state index is 15.3. The highest BCUT2D eigenvalue weighted by Crippen LogP contribution is 2.34. The lowest BCUT2D eigenvalue weighted by molar-refractivity contribution is -0.661. The monoisotopic (exact) mass is 1530 g/mol. The summed E-state index contributed by atoms with van der Waals surface area (Å²) in [6, 6.07) is 30.9. The van der Waals surface area contributed by atoms with Crippen molar-refractivity contribution in [2.24, 2.45) is 28.2 Å². The third-order valence-electron chi connectivity index (χ3n) is 19.3. The van der Waals surface area contributed by atoms with Crippen LogP contribution in [0.25, 0.3) is 90.6 Å². The van der Waals surface area contributed by atoms with Crippen LogP contribution in [0.15, 0.2) is 128 Å². The summed E-state index contributed by atoms with van der Waals surface area (Å²) in [6.07, 6.45) is 7.46. The summed E-state index contributed by atoms with van der Waals surface area (Å²) >= 11 is 0. The predicted molar refractivity (Wildman–Crippen MR) is 443 cm³/mol. The minimum Gasteiger partial charge on any atom is -0.217 e. The Morgan fingerprint density at radius 2 is 0.504 bits per heavy atom. The number of nitrogens with zero attached hydrogens (tertiary/aromatic N) is 16. The lowest BCUT2D eigenvalue weighted by Crippen LogP contribution is -2.32. The molecule has 12 rings (SSSR count). The van der Waals surface area contributed by atoms with Crippen LogP contribution in [0, 0.1) is 64.7 Å². The molecule has 0 aliphatic heterocycles. The number of benzene rings is 4. The van der Waals surface area contributed by atoms with Crippen molar-refractivity contribution in [1.82, 2.24) is 59.8 Å². The van der Waals surface area contributed by atoms with E-state index < -0.39 is 12.7 Å². The Balaban J connectivity index is 0.000000177. The normalized spacial score (nSPS) is 12.1. The highest BCUT2D eigenvalue weighted by atomic mass is 19.1. The molecule has 0 atom stereocenters. The minimum atomic E-state index is -2.20. The first kappa shape index (κ1) is 81.7. The molecule has 0 bridgehead atoms. The molecule has 8 aromatic heterocycles. The standard InChI is InChI=1S/C25H32FN4.2C23H28FN4.C22H26FN4/c1-14(2)18-9-10-20(17(7)11-18)22-21(26)12-19(13-30(22)8)25-28-23(15(3)4)27-24(29-25)16(5)6;2*1-13(2)21-25-22(14(3)4)27-23(26-21)17-11-19(24)20(28(7)12-17)18-9-8-15(5)10-16(18)6;1-13(2)20-24-21(14(3)4)26-22(25-20)16-11-18(23)19(27(6)12-16)17-10-8-7-9-15(17)5/h9-16H,1-8H3;2*8-14H,1-7H3;7-14H,1-6H3/q4*+1/i;5D3;;. The van der Waals surface area contributed by atoms with Crippen LogP contribution >= 0.6 is 0 Å². The average Bonchev–Trinajstić information content (AvgIpc) is 0.781. The maximum Gasteiger partial charge on any atom is 0.248 e. The molecule has 0 radical (unpaired) electrons. The van der Waals surface area contributed by atoms with E-state index in [9.17, 15) is 0 Å². The zero-order valence-corrected chi connectivity index (χ0v) is 71.0. The van der Waals surface area contributed by atoms with Crippen LogP contribution in [-0.2, 0) is 28.2 Å². The van der Waals surface area contributed by atoms with Gasteiger partial charge in [-0.15, -0.1) is 0 Å². The molecule has 0 fully saturated rings. The number of halogens is 4. The Kier molecular flexibility index (Phi) is 26.6. The first-order chi connectivity index (χ1) is 54.4. The first-order valence-electron chi connectivity index (χ1n) is 40.6. The highest BCUT2D eigenvalue weighted by Gasteiger charge is 2.29. The van der Waals surface area contributed by atoms with E-state index >= 15 is 17.6 Å². The van der Waals surface area contributed by atoms with E-state index in [2.05, 4.69) is 120 Å². The average molecular weight is 1540 g/mol. The molecule has 0 spiro atoms. The molecular formula is C93H114F4N16+4. The van der Waals surface area contributed by atoms with Crippen molar-refractivity contribution in [1.29, 1.82) is 0 Å². The largest absolute Gasteiger partial charge is 0.248 e. The van der Waals surface area contributed by atoms with Crippen LogP contribution in [0.2, 0.25) is 0 Å². The van der Waals surface area contributed by atoms with E-state index in [4.69, 9.17) is 4.11 Å². The Labute approximate surface area is 671 Å². The molecular weight excluding hydrogens is 1420 g/mol. The molecule has 0 saturated heterocycles. The molecule has 0 aliphatic rings. The molecule has 4 aromatic carbocycles. The van der Waals surface area contributed by atoms with Gasteiger partial charge in [0.05, 0.1) is 44.5 Å². The smallest absolute Gasteiger partial charge is 0.217 e. The number of rotatable bonds is 17. The van der Waals surface area contributed by atoms with E-state index in [-0.39, 0.29) is 70.4 Å². The van der Waals surface area contributed by atoms with Gasteiger partial charge >= 0.3 is 0 Å². The second-order valence-electron chi connectivity index (χ2n) is 32.3. The molecule has 0 N–H and O–H groups in total. The van der Waals surface area contributed by atoms with Crippen molar-refractivity contribution in [2.45, 2.75) is 219 Å². The predicted octanol–water partition coefficient (Wildman–Crippen LogP) is 20.6. The van der Waals surface area contributed by atoms with Crippen molar-refractivity contribution in [3.05, 3.63) is 237 Å². The van der Waals surface area contributed by atoms with Gasteiger partial charge in [0.1, 0.15) is 74.8 Å². The number of hydrogen-bond donors (Lipinski definition) is 0. The summed E-state index contributed by atoms with van der Waals surface area (Å²) in [4.78, 5) is 55.0. The molecule has 16 nitrogen and oxygen atoms in total. The summed E-state index contributed by atoms with van der Waals surface area (Å²) in [7, 11) is 7.33. The van der Waals surface area contributed by atoms with Crippen molar-refractivity contribution < 1.29 is 39.9 Å². The molecule has 12 aromatic rings. The van der Waals surface area contributed by atoms with Gasteiger partial charge in [0.15, 0.2) is 71.4 Å². The van der Waals surface area contributed by atoms with Gasteiger partial charge < -0.3 is 0 Å². The maximum absolute atomic E-state index is 15.3. The number of hydrogen-bond acceptors (Lipinski definition) is 12. The molecule has 0 aliphatic carbocycles. The Bertz CT molecular complexity index is 5360. The van der Waals surface area contributed by atoms with Gasteiger partial charge in [-0.3, -0.25) is 0 Å². The van der Waals surface area contributed by atoms with E-state index in [0.717, 1.165) is 73.9 Å². The summed E-state index contributed by atoms with van der Waals surface area (Å²) in [5, 5.41) is 0. The highest BCUT2D eigenvalue weighted by molar-refractivity contribution is 5.68. The molecule has 0 saturated carbocycles. The second-order valence-corrected chi connectivity index (χ2v) is 32.3. The van der Waals surface area contributed by atoms with Gasteiger partial charge in [0, 0.05) is 51.5 Å². The van der Waals surface area contributed by atoms with Gasteiger partial charge in [-0.25, -0.2) is 59.8 Å². The van der Waals surface area contributed by atoms with E-state index in [1.807, 2.05) is 202 Å². The molecule has 0 amide bonds.